The van der Waals surface area contributed by atoms with Crippen molar-refractivity contribution < 1.29 is 0 Å². The van der Waals surface area contributed by atoms with Crippen LogP contribution in [0.1, 0.15) is 50.3 Å². The van der Waals surface area contributed by atoms with Gasteiger partial charge in [0.05, 0.1) is 0 Å². The average Bonchev–Trinajstić information content (AvgIpc) is 2.31. The Morgan fingerprint density at radius 3 is 2.37 bits per heavy atom. The molecule has 1 aromatic rings. The molecule has 0 aliphatic carbocycles. The van der Waals surface area contributed by atoms with E-state index in [1.807, 2.05) is 0 Å². The Bertz CT molecular complexity index is 398. The molecule has 0 aliphatic rings. The summed E-state index contributed by atoms with van der Waals surface area (Å²) in [6.45, 7) is 12.3. The first-order chi connectivity index (χ1) is 8.90. The van der Waals surface area contributed by atoms with Gasteiger partial charge in [0.1, 0.15) is 0 Å². The van der Waals surface area contributed by atoms with Gasteiger partial charge in [-0.3, -0.25) is 0 Å². The summed E-state index contributed by atoms with van der Waals surface area (Å²) in [4.78, 5) is 0. The lowest BCUT2D eigenvalue weighted by molar-refractivity contribution is 0.453. The number of hydrogen-bond acceptors (Lipinski definition) is 1. The minimum Gasteiger partial charge on any atom is -0.315 e. The average molecular weight is 326 g/mol. The molecule has 1 atom stereocenters. The lowest BCUT2D eigenvalue weighted by Crippen LogP contribution is -2.25. The van der Waals surface area contributed by atoms with Crippen LogP contribution in [0.25, 0.3) is 0 Å². The second kappa shape index (κ2) is 8.06. The third kappa shape index (κ3) is 6.09. The van der Waals surface area contributed by atoms with Crippen molar-refractivity contribution in [3.8, 4) is 0 Å². The van der Waals surface area contributed by atoms with Crippen LogP contribution in [0.15, 0.2) is 16.6 Å². The molecule has 1 unspecified atom stereocenters. The highest BCUT2D eigenvalue weighted by Gasteiger charge is 2.07. The number of hydrogen-bond donors (Lipinski definition) is 1. The van der Waals surface area contributed by atoms with Crippen LogP contribution < -0.4 is 5.32 Å². The van der Waals surface area contributed by atoms with E-state index in [9.17, 15) is 0 Å². The molecule has 1 nitrogen and oxygen atoms in total. The van der Waals surface area contributed by atoms with Gasteiger partial charge in [-0.15, -0.1) is 0 Å². The molecule has 0 aliphatic heterocycles. The van der Waals surface area contributed by atoms with E-state index in [0.717, 1.165) is 12.5 Å². The number of rotatable bonds is 7. The van der Waals surface area contributed by atoms with Crippen molar-refractivity contribution in [2.45, 2.75) is 59.9 Å². The van der Waals surface area contributed by atoms with Gasteiger partial charge in [0, 0.05) is 10.5 Å². The minimum atomic E-state index is 0.601. The van der Waals surface area contributed by atoms with Crippen molar-refractivity contribution in [3.63, 3.8) is 0 Å². The first kappa shape index (κ1) is 16.7. The van der Waals surface area contributed by atoms with Crippen LogP contribution >= 0.6 is 15.9 Å². The molecule has 0 fully saturated rings. The molecule has 0 spiro atoms. The third-order valence-corrected chi connectivity index (χ3v) is 4.57. The molecule has 1 aromatic carbocycles. The first-order valence-electron chi connectivity index (χ1n) is 7.39. The molecule has 0 aromatic heterocycles. The van der Waals surface area contributed by atoms with E-state index in [2.05, 4.69) is 68.0 Å². The maximum atomic E-state index is 3.60. The SMILES string of the molecule is Cc1cc(CCC(C)CCNC(C)C)c(C)cc1Br. The van der Waals surface area contributed by atoms with Crippen molar-refractivity contribution in [2.75, 3.05) is 6.54 Å². The molecule has 0 bridgehead atoms. The van der Waals surface area contributed by atoms with Crippen LogP contribution in [0.3, 0.4) is 0 Å². The van der Waals surface area contributed by atoms with Gasteiger partial charge in [-0.1, -0.05) is 42.8 Å². The van der Waals surface area contributed by atoms with Crippen LogP contribution in [0.2, 0.25) is 0 Å². The van der Waals surface area contributed by atoms with Crippen LogP contribution in [-0.2, 0) is 6.42 Å². The Hall–Kier alpha value is -0.340. The van der Waals surface area contributed by atoms with E-state index >= 15 is 0 Å². The molecule has 0 radical (unpaired) electrons. The summed E-state index contributed by atoms with van der Waals surface area (Å²) in [5.74, 6) is 0.787. The van der Waals surface area contributed by atoms with Gasteiger partial charge in [0.2, 0.25) is 0 Å². The van der Waals surface area contributed by atoms with Gasteiger partial charge < -0.3 is 5.32 Å². The monoisotopic (exact) mass is 325 g/mol. The summed E-state index contributed by atoms with van der Waals surface area (Å²) >= 11 is 3.60. The second-order valence-electron chi connectivity index (χ2n) is 6.07. The predicted octanol–water partition coefficient (Wildman–Crippen LogP) is 5.02. The maximum absolute atomic E-state index is 3.60. The summed E-state index contributed by atoms with van der Waals surface area (Å²) in [5, 5.41) is 3.50. The Morgan fingerprint density at radius 2 is 1.74 bits per heavy atom. The third-order valence-electron chi connectivity index (χ3n) is 3.71. The van der Waals surface area contributed by atoms with Crippen LogP contribution in [-0.4, -0.2) is 12.6 Å². The zero-order chi connectivity index (χ0) is 14.4. The molecule has 1 rings (SSSR count). The van der Waals surface area contributed by atoms with Crippen LogP contribution in [0.4, 0.5) is 0 Å². The molecule has 0 amide bonds. The highest BCUT2D eigenvalue weighted by atomic mass is 79.9. The fourth-order valence-electron chi connectivity index (χ4n) is 2.27. The summed E-state index contributed by atoms with van der Waals surface area (Å²) in [6, 6.07) is 5.18. The van der Waals surface area contributed by atoms with E-state index in [4.69, 9.17) is 0 Å². The van der Waals surface area contributed by atoms with E-state index in [1.165, 1.54) is 40.4 Å². The summed E-state index contributed by atoms with van der Waals surface area (Å²) < 4.78 is 1.22. The molecule has 19 heavy (non-hydrogen) atoms. The zero-order valence-corrected chi connectivity index (χ0v) is 14.6. The summed E-state index contributed by atoms with van der Waals surface area (Å²) in [7, 11) is 0. The minimum absolute atomic E-state index is 0.601. The van der Waals surface area contributed by atoms with E-state index in [1.54, 1.807) is 0 Å². The molecule has 1 N–H and O–H groups in total. The fourth-order valence-corrected chi connectivity index (χ4v) is 2.73. The smallest absolute Gasteiger partial charge is 0.0207 e. The number of nitrogens with one attached hydrogen (secondary N) is 1. The van der Waals surface area contributed by atoms with Gasteiger partial charge in [0.15, 0.2) is 0 Å². The first-order valence-corrected chi connectivity index (χ1v) is 8.18. The standard InChI is InChI=1S/C17H28BrN/c1-12(2)19-9-8-13(3)6-7-16-10-15(5)17(18)11-14(16)4/h10-13,19H,6-9H2,1-5H3. The van der Waals surface area contributed by atoms with Gasteiger partial charge in [-0.05, 0) is 68.3 Å². The molecule has 2 heteroatoms. The van der Waals surface area contributed by atoms with Crippen molar-refractivity contribution in [1.29, 1.82) is 0 Å². The Kier molecular flexibility index (Phi) is 7.09. The lowest BCUT2D eigenvalue weighted by atomic mass is 9.95. The van der Waals surface area contributed by atoms with Crippen molar-refractivity contribution in [2.24, 2.45) is 5.92 Å². The largest absolute Gasteiger partial charge is 0.315 e. The van der Waals surface area contributed by atoms with Crippen molar-refractivity contribution in [3.05, 3.63) is 33.3 Å². The quantitative estimate of drug-likeness (QED) is 0.741. The zero-order valence-electron chi connectivity index (χ0n) is 13.0. The summed E-state index contributed by atoms with van der Waals surface area (Å²) in [6.07, 6.45) is 3.75. The molecule has 0 heterocycles. The summed E-state index contributed by atoms with van der Waals surface area (Å²) in [5.41, 5.74) is 4.25. The lowest BCUT2D eigenvalue weighted by Gasteiger charge is -2.15. The molecule has 0 saturated heterocycles. The van der Waals surface area contributed by atoms with Crippen molar-refractivity contribution in [1.82, 2.24) is 5.32 Å². The van der Waals surface area contributed by atoms with E-state index in [-0.39, 0.29) is 0 Å². The number of halogens is 1. The number of benzene rings is 1. The molecular weight excluding hydrogens is 298 g/mol. The van der Waals surface area contributed by atoms with Gasteiger partial charge >= 0.3 is 0 Å². The fraction of sp³-hybridized carbons (Fsp3) is 0.647. The van der Waals surface area contributed by atoms with Gasteiger partial charge in [-0.2, -0.15) is 0 Å². The van der Waals surface area contributed by atoms with Crippen molar-refractivity contribution >= 4 is 15.9 Å². The van der Waals surface area contributed by atoms with Gasteiger partial charge in [-0.25, -0.2) is 0 Å². The number of aryl methyl sites for hydroxylation is 3. The maximum Gasteiger partial charge on any atom is 0.0207 e. The second-order valence-corrected chi connectivity index (χ2v) is 6.92. The highest BCUT2D eigenvalue weighted by molar-refractivity contribution is 9.10. The normalized spacial score (nSPS) is 13.0. The van der Waals surface area contributed by atoms with E-state index in [0.29, 0.717) is 6.04 Å². The highest BCUT2D eigenvalue weighted by Crippen LogP contribution is 2.23. The van der Waals surface area contributed by atoms with E-state index < -0.39 is 0 Å². The van der Waals surface area contributed by atoms with Crippen LogP contribution in [0.5, 0.6) is 0 Å². The van der Waals surface area contributed by atoms with Crippen LogP contribution in [0, 0.1) is 19.8 Å². The predicted molar refractivity (Wildman–Crippen MR) is 88.9 cm³/mol. The molecular formula is C17H28BrN. The Morgan fingerprint density at radius 1 is 1.05 bits per heavy atom. The van der Waals surface area contributed by atoms with Gasteiger partial charge in [0.25, 0.3) is 0 Å². The topological polar surface area (TPSA) is 12.0 Å². The Balaban J connectivity index is 2.42. The molecule has 108 valence electrons. The Labute approximate surface area is 127 Å². The molecule has 0 saturated carbocycles.